The Morgan fingerprint density at radius 2 is 1.57 bits per heavy atom. The van der Waals surface area contributed by atoms with Gasteiger partial charge in [-0.1, -0.05) is 0 Å². The summed E-state index contributed by atoms with van der Waals surface area (Å²) in [5.41, 5.74) is 0. The van der Waals surface area contributed by atoms with Crippen molar-refractivity contribution in [3.05, 3.63) is 0 Å². The van der Waals surface area contributed by atoms with Gasteiger partial charge in [-0.2, -0.15) is 0 Å². The molecule has 2 fully saturated rings. The Kier molecular flexibility index (Phi) is 5.25. The van der Waals surface area contributed by atoms with Crippen LogP contribution in [0.2, 0.25) is 0 Å². The molecule has 2 nitrogen and oxygen atoms in total. The molecule has 84 valence electrons. The van der Waals surface area contributed by atoms with Gasteiger partial charge >= 0.3 is 112 Å². The molecular weight excluding hydrogens is 402 g/mol. The average Bonchev–Trinajstić information content (AvgIpc) is 2.23. The molecule has 0 unspecified atom stereocenters. The van der Waals surface area contributed by atoms with E-state index in [9.17, 15) is 0 Å². The molecule has 0 aromatic rings. The summed E-state index contributed by atoms with van der Waals surface area (Å²) in [6, 6.07) is 0. The minimum atomic E-state index is 0.493. The van der Waals surface area contributed by atoms with E-state index in [1.807, 2.05) is 0 Å². The summed E-state index contributed by atoms with van der Waals surface area (Å²) in [6.07, 6.45) is 5.91. The van der Waals surface area contributed by atoms with E-state index in [4.69, 9.17) is 0 Å². The van der Waals surface area contributed by atoms with Crippen molar-refractivity contribution < 1.29 is 21.2 Å². The van der Waals surface area contributed by atoms with E-state index in [1.54, 1.807) is 0 Å². The Bertz CT molecular complexity index is 164. The monoisotopic (exact) mass is 421 g/mol. The van der Waals surface area contributed by atoms with Gasteiger partial charge in [0.1, 0.15) is 0 Å². The van der Waals surface area contributed by atoms with Crippen molar-refractivity contribution in [1.82, 2.24) is 8.43 Å². The van der Waals surface area contributed by atoms with Gasteiger partial charge in [0.2, 0.25) is 0 Å². The van der Waals surface area contributed by atoms with Crippen LogP contribution >= 0.6 is 22.9 Å². The summed E-state index contributed by atoms with van der Waals surface area (Å²) in [4.78, 5) is 0. The third-order valence-corrected chi connectivity index (χ3v) is 8.49. The summed E-state index contributed by atoms with van der Waals surface area (Å²) < 4.78 is 4.74. The van der Waals surface area contributed by atoms with Gasteiger partial charge in [0.25, 0.3) is 0 Å². The number of alkyl halides is 2. The Morgan fingerprint density at radius 3 is 2.21 bits per heavy atom. The van der Waals surface area contributed by atoms with Gasteiger partial charge in [-0.3, -0.25) is 0 Å². The van der Waals surface area contributed by atoms with Crippen LogP contribution in [0.4, 0.5) is 0 Å². The molecule has 0 amide bonds. The Labute approximate surface area is 111 Å². The maximum atomic E-state index is 3.47. The van der Waals surface area contributed by atoms with Crippen LogP contribution in [0.1, 0.15) is 25.7 Å². The zero-order valence-corrected chi connectivity index (χ0v) is 12.8. The molecule has 2 saturated heterocycles. The van der Waals surface area contributed by atoms with Gasteiger partial charge in [0, 0.05) is 0 Å². The summed E-state index contributed by atoms with van der Waals surface area (Å²) in [6.45, 7) is 5.26. The normalized spacial score (nSPS) is 28.4. The van der Waals surface area contributed by atoms with Gasteiger partial charge in [0.15, 0.2) is 0 Å². The second-order valence-corrected chi connectivity index (χ2v) is 9.74. The van der Waals surface area contributed by atoms with Crippen LogP contribution in [-0.2, 0) is 0 Å². The van der Waals surface area contributed by atoms with Gasteiger partial charge in [0.05, 0.1) is 0 Å². The van der Waals surface area contributed by atoms with Crippen LogP contribution in [0.5, 0.6) is 0 Å². The molecule has 0 radical (unpaired) electrons. The van der Waals surface area contributed by atoms with Gasteiger partial charge < -0.3 is 0 Å². The first-order chi connectivity index (χ1) is 6.84. The Hall–Kier alpha value is 1.38. The van der Waals surface area contributed by atoms with Crippen LogP contribution < -0.4 is 26.5 Å². The first kappa shape index (κ1) is 11.9. The van der Waals surface area contributed by atoms with Crippen LogP contribution in [0.15, 0.2) is 0 Å². The standard InChI is InChI=1S/C10H19I2N2/c11-14-7-3-10(4-8-14)12-9-1-5-13-6-2-9/h9-10,13H,1-8H2/q-1. The molecule has 14 heavy (non-hydrogen) atoms. The van der Waals surface area contributed by atoms with Crippen LogP contribution in [0.3, 0.4) is 0 Å². The number of rotatable bonds is 2. The zero-order valence-electron chi connectivity index (χ0n) is 8.51. The van der Waals surface area contributed by atoms with Crippen molar-refractivity contribution in [3.8, 4) is 0 Å². The van der Waals surface area contributed by atoms with Gasteiger partial charge in [-0.25, -0.2) is 0 Å². The fourth-order valence-corrected chi connectivity index (χ4v) is 6.72. The van der Waals surface area contributed by atoms with Crippen molar-refractivity contribution in [2.45, 2.75) is 33.5 Å². The quantitative estimate of drug-likeness (QED) is 0.337. The molecule has 0 aromatic heterocycles. The Morgan fingerprint density at radius 1 is 1.00 bits per heavy atom. The molecular formula is C10H19I2N2-. The molecule has 0 atom stereocenters. The van der Waals surface area contributed by atoms with Crippen molar-refractivity contribution in [2.24, 2.45) is 0 Å². The number of halogens is 2. The van der Waals surface area contributed by atoms with E-state index in [1.165, 1.54) is 51.9 Å². The third kappa shape index (κ3) is 3.75. The molecule has 0 aliphatic carbocycles. The Balaban J connectivity index is 1.68. The van der Waals surface area contributed by atoms with Gasteiger partial charge in [-0.15, -0.1) is 0 Å². The number of hydrogen-bond donors (Lipinski definition) is 1. The van der Waals surface area contributed by atoms with Gasteiger partial charge in [-0.05, 0) is 0 Å². The zero-order chi connectivity index (χ0) is 9.80. The molecule has 2 aliphatic heterocycles. The summed E-state index contributed by atoms with van der Waals surface area (Å²) in [5, 5.41) is 3.47. The molecule has 2 rings (SSSR count). The van der Waals surface area contributed by atoms with Crippen LogP contribution in [0, 0.1) is 0 Å². The number of piperidine rings is 2. The summed E-state index contributed by atoms with van der Waals surface area (Å²) >= 11 is 2.97. The molecule has 1 N–H and O–H groups in total. The molecule has 0 aromatic carbocycles. The van der Waals surface area contributed by atoms with E-state index in [0.29, 0.717) is 21.2 Å². The molecule has 0 bridgehead atoms. The number of nitrogens with one attached hydrogen (secondary N) is 1. The topological polar surface area (TPSA) is 15.3 Å². The predicted octanol–water partition coefficient (Wildman–Crippen LogP) is -1.36. The van der Waals surface area contributed by atoms with E-state index in [-0.39, 0.29) is 0 Å². The molecule has 0 spiro atoms. The molecule has 0 saturated carbocycles. The predicted molar refractivity (Wildman–Crippen MR) is 64.5 cm³/mol. The molecule has 2 heterocycles. The minimum absolute atomic E-state index is 0.493. The van der Waals surface area contributed by atoms with E-state index in [2.05, 4.69) is 31.3 Å². The van der Waals surface area contributed by atoms with E-state index >= 15 is 0 Å². The van der Waals surface area contributed by atoms with Crippen molar-refractivity contribution >= 4 is 22.9 Å². The fourth-order valence-electron chi connectivity index (χ4n) is 2.11. The van der Waals surface area contributed by atoms with Crippen molar-refractivity contribution in [3.63, 3.8) is 0 Å². The summed E-state index contributed by atoms with van der Waals surface area (Å²) in [5.74, 6) is 0. The average molecular weight is 421 g/mol. The van der Waals surface area contributed by atoms with Crippen LogP contribution in [0.25, 0.3) is 0 Å². The van der Waals surface area contributed by atoms with E-state index < -0.39 is 0 Å². The second-order valence-electron chi connectivity index (χ2n) is 4.14. The maximum absolute atomic E-state index is 3.47. The molecule has 4 heteroatoms. The third-order valence-electron chi connectivity index (χ3n) is 2.99. The SMILES string of the molecule is IN1CCC([I-]C2CCNCC2)CC1. The fraction of sp³-hybridized carbons (Fsp3) is 1.00. The number of hydrogen-bond acceptors (Lipinski definition) is 2. The van der Waals surface area contributed by atoms with Crippen molar-refractivity contribution in [1.29, 1.82) is 0 Å². The second kappa shape index (κ2) is 6.20. The summed E-state index contributed by atoms with van der Waals surface area (Å²) in [7, 11) is 0. The molecule has 2 aliphatic rings. The van der Waals surface area contributed by atoms with Crippen LogP contribution in [-0.4, -0.2) is 37.1 Å². The number of nitrogens with zero attached hydrogens (tertiary/aromatic N) is 1. The van der Waals surface area contributed by atoms with E-state index in [0.717, 1.165) is 7.85 Å². The first-order valence-corrected chi connectivity index (χ1v) is 9.03. The van der Waals surface area contributed by atoms with Crippen molar-refractivity contribution in [2.75, 3.05) is 26.2 Å². The first-order valence-electron chi connectivity index (χ1n) is 5.58.